The van der Waals surface area contributed by atoms with E-state index in [1.54, 1.807) is 20.8 Å². The number of carbonyl (C=O) groups excluding carboxylic acids is 1. The molecular weight excluding hydrogens is 272 g/mol. The lowest BCUT2D eigenvalue weighted by atomic mass is 9.86. The first-order chi connectivity index (χ1) is 8.97. The van der Waals surface area contributed by atoms with Gasteiger partial charge in [0.1, 0.15) is 11.1 Å². The first-order valence-corrected chi connectivity index (χ1v) is 6.60. The van der Waals surface area contributed by atoms with E-state index in [9.17, 15) is 23.5 Å². The van der Waals surface area contributed by atoms with Crippen LogP contribution < -0.4 is 0 Å². The summed E-state index contributed by atoms with van der Waals surface area (Å²) in [6.07, 6.45) is -1.85. The standard InChI is InChI=1S/C13H19F2NO4/c1-11(2,3)20-10(19)16-8-4-5-12(16,9(17)18)7-13(14,15)6-8/h8H,4-7H2,1-3H3,(H,17,18). The van der Waals surface area contributed by atoms with Gasteiger partial charge in [0.15, 0.2) is 0 Å². The number of carboxylic acid groups (broad SMARTS) is 1. The highest BCUT2D eigenvalue weighted by Crippen LogP contribution is 2.50. The Labute approximate surface area is 115 Å². The van der Waals surface area contributed by atoms with E-state index in [-0.39, 0.29) is 12.8 Å². The SMILES string of the molecule is CC(C)(C)OC(=O)N1C2CCC1(C(=O)O)CC(F)(F)C2. The molecule has 0 aromatic carbocycles. The average molecular weight is 291 g/mol. The topological polar surface area (TPSA) is 66.8 Å². The van der Waals surface area contributed by atoms with Crippen molar-refractivity contribution in [1.82, 2.24) is 4.90 Å². The first-order valence-electron chi connectivity index (χ1n) is 6.60. The van der Waals surface area contributed by atoms with Gasteiger partial charge in [0, 0.05) is 18.9 Å². The Kier molecular flexibility index (Phi) is 3.22. The zero-order valence-corrected chi connectivity index (χ0v) is 11.8. The van der Waals surface area contributed by atoms with E-state index in [2.05, 4.69) is 0 Å². The zero-order chi connectivity index (χ0) is 15.3. The van der Waals surface area contributed by atoms with E-state index in [1.165, 1.54) is 0 Å². The van der Waals surface area contributed by atoms with Crippen LogP contribution in [-0.4, -0.2) is 45.2 Å². The fourth-order valence-corrected chi connectivity index (χ4v) is 3.14. The Bertz CT molecular complexity index is 446. The van der Waals surface area contributed by atoms with E-state index >= 15 is 0 Å². The van der Waals surface area contributed by atoms with Crippen LogP contribution in [0.1, 0.15) is 46.5 Å². The molecule has 2 atom stereocenters. The van der Waals surface area contributed by atoms with E-state index < -0.39 is 48.0 Å². The third kappa shape index (κ3) is 2.45. The maximum Gasteiger partial charge on any atom is 0.411 e. The van der Waals surface area contributed by atoms with Crippen LogP contribution in [0.15, 0.2) is 0 Å². The minimum absolute atomic E-state index is 0.0435. The third-order valence-electron chi connectivity index (χ3n) is 3.79. The maximum absolute atomic E-state index is 13.7. The second kappa shape index (κ2) is 4.30. The third-order valence-corrected chi connectivity index (χ3v) is 3.79. The Morgan fingerprint density at radius 3 is 2.45 bits per heavy atom. The number of amides is 1. The fourth-order valence-electron chi connectivity index (χ4n) is 3.14. The second-order valence-electron chi connectivity index (χ2n) is 6.62. The summed E-state index contributed by atoms with van der Waals surface area (Å²) in [4.78, 5) is 24.7. The van der Waals surface area contributed by atoms with E-state index in [1.807, 2.05) is 0 Å². The van der Waals surface area contributed by atoms with Crippen LogP contribution in [0.25, 0.3) is 0 Å². The molecule has 1 N–H and O–H groups in total. The van der Waals surface area contributed by atoms with Crippen molar-refractivity contribution in [3.8, 4) is 0 Å². The minimum Gasteiger partial charge on any atom is -0.479 e. The van der Waals surface area contributed by atoms with Gasteiger partial charge in [-0.2, -0.15) is 0 Å². The van der Waals surface area contributed by atoms with Gasteiger partial charge in [-0.05, 0) is 33.6 Å². The predicted octanol–water partition coefficient (Wildman–Crippen LogP) is 2.64. The number of hydrogen-bond donors (Lipinski definition) is 1. The molecule has 0 aliphatic carbocycles. The molecule has 5 nitrogen and oxygen atoms in total. The van der Waals surface area contributed by atoms with Gasteiger partial charge in [-0.15, -0.1) is 0 Å². The molecule has 2 heterocycles. The molecular formula is C13H19F2NO4. The number of carboxylic acids is 1. The van der Waals surface area contributed by atoms with Gasteiger partial charge in [0.25, 0.3) is 5.92 Å². The van der Waals surface area contributed by atoms with Crippen molar-refractivity contribution < 1.29 is 28.2 Å². The summed E-state index contributed by atoms with van der Waals surface area (Å²) in [5.41, 5.74) is -2.63. The Morgan fingerprint density at radius 2 is 1.95 bits per heavy atom. The van der Waals surface area contributed by atoms with Crippen molar-refractivity contribution in [1.29, 1.82) is 0 Å². The molecule has 0 radical (unpaired) electrons. The van der Waals surface area contributed by atoms with Gasteiger partial charge in [0.2, 0.25) is 0 Å². The maximum atomic E-state index is 13.7. The van der Waals surface area contributed by atoms with Crippen LogP contribution >= 0.6 is 0 Å². The lowest BCUT2D eigenvalue weighted by Crippen LogP contribution is -2.62. The number of hydrogen-bond acceptors (Lipinski definition) is 3. The summed E-state index contributed by atoms with van der Waals surface area (Å²) in [5.74, 6) is -4.44. The molecule has 2 saturated heterocycles. The Morgan fingerprint density at radius 1 is 1.35 bits per heavy atom. The van der Waals surface area contributed by atoms with E-state index in [0.29, 0.717) is 0 Å². The van der Waals surface area contributed by atoms with Crippen molar-refractivity contribution in [2.45, 2.75) is 69.6 Å². The second-order valence-corrected chi connectivity index (χ2v) is 6.62. The van der Waals surface area contributed by atoms with Gasteiger partial charge in [-0.1, -0.05) is 0 Å². The van der Waals surface area contributed by atoms with E-state index in [0.717, 1.165) is 4.90 Å². The van der Waals surface area contributed by atoms with Crippen molar-refractivity contribution in [2.75, 3.05) is 0 Å². The Hall–Kier alpha value is -1.40. The quantitative estimate of drug-likeness (QED) is 0.806. The van der Waals surface area contributed by atoms with Crippen molar-refractivity contribution in [3.05, 3.63) is 0 Å². The minimum atomic E-state index is -3.06. The number of nitrogens with zero attached hydrogens (tertiary/aromatic N) is 1. The number of rotatable bonds is 1. The molecule has 7 heteroatoms. The smallest absolute Gasteiger partial charge is 0.411 e. The van der Waals surface area contributed by atoms with Crippen LogP contribution in [0.2, 0.25) is 0 Å². The van der Waals surface area contributed by atoms with Crippen LogP contribution in [-0.2, 0) is 9.53 Å². The molecule has 0 aromatic heterocycles. The number of ether oxygens (including phenoxy) is 1. The van der Waals surface area contributed by atoms with Crippen molar-refractivity contribution >= 4 is 12.1 Å². The lowest BCUT2D eigenvalue weighted by molar-refractivity contribution is -0.166. The molecule has 0 spiro atoms. The summed E-state index contributed by atoms with van der Waals surface area (Å²) in [5, 5.41) is 9.38. The van der Waals surface area contributed by atoms with Crippen LogP contribution in [0.4, 0.5) is 13.6 Å². The summed E-state index contributed by atoms with van der Waals surface area (Å²) in [7, 11) is 0. The zero-order valence-electron chi connectivity index (χ0n) is 11.8. The Balaban J connectivity index is 2.33. The van der Waals surface area contributed by atoms with Crippen LogP contribution in [0.5, 0.6) is 0 Å². The number of carbonyl (C=O) groups is 2. The molecule has 0 aromatic rings. The van der Waals surface area contributed by atoms with Gasteiger partial charge in [-0.3, -0.25) is 4.90 Å². The number of piperidine rings is 1. The van der Waals surface area contributed by atoms with E-state index in [4.69, 9.17) is 4.74 Å². The average Bonchev–Trinajstić information content (AvgIpc) is 2.46. The van der Waals surface area contributed by atoms with Crippen LogP contribution in [0, 0.1) is 0 Å². The summed E-state index contributed by atoms with van der Waals surface area (Å²) < 4.78 is 32.5. The number of fused-ring (bicyclic) bond motifs is 2. The number of aliphatic carboxylic acids is 1. The molecule has 114 valence electrons. The fraction of sp³-hybridized carbons (Fsp3) is 0.846. The molecule has 2 unspecified atom stereocenters. The lowest BCUT2D eigenvalue weighted by Gasteiger charge is -2.44. The molecule has 2 rings (SSSR count). The molecule has 0 saturated carbocycles. The predicted molar refractivity (Wildman–Crippen MR) is 65.6 cm³/mol. The van der Waals surface area contributed by atoms with Crippen molar-refractivity contribution in [3.63, 3.8) is 0 Å². The molecule has 2 aliphatic rings. The first kappa shape index (κ1) is 15.0. The summed E-state index contributed by atoms with van der Waals surface area (Å²) in [6.45, 7) is 4.95. The van der Waals surface area contributed by atoms with Gasteiger partial charge < -0.3 is 9.84 Å². The molecule has 2 bridgehead atoms. The molecule has 2 aliphatic heterocycles. The molecule has 1 amide bonds. The monoisotopic (exact) mass is 291 g/mol. The molecule has 2 fully saturated rings. The van der Waals surface area contributed by atoms with Crippen LogP contribution in [0.3, 0.4) is 0 Å². The highest BCUT2D eigenvalue weighted by Gasteiger charge is 2.64. The molecule has 20 heavy (non-hydrogen) atoms. The van der Waals surface area contributed by atoms with Crippen molar-refractivity contribution in [2.24, 2.45) is 0 Å². The highest BCUT2D eigenvalue weighted by molar-refractivity contribution is 5.86. The van der Waals surface area contributed by atoms with Gasteiger partial charge in [0.05, 0.1) is 0 Å². The largest absolute Gasteiger partial charge is 0.479 e. The summed E-state index contributed by atoms with van der Waals surface area (Å²) >= 11 is 0. The van der Waals surface area contributed by atoms with Gasteiger partial charge >= 0.3 is 12.1 Å². The highest BCUT2D eigenvalue weighted by atomic mass is 19.3. The van der Waals surface area contributed by atoms with Gasteiger partial charge in [-0.25, -0.2) is 18.4 Å². The summed E-state index contributed by atoms with van der Waals surface area (Å²) in [6, 6.07) is -0.773. The number of alkyl halides is 2. The normalized spacial score (nSPS) is 32.0. The number of halogens is 2.